The van der Waals surface area contributed by atoms with E-state index in [-0.39, 0.29) is 0 Å². The van der Waals surface area contributed by atoms with Crippen molar-refractivity contribution in [3.05, 3.63) is 0 Å². The zero-order valence-electron chi connectivity index (χ0n) is 7.54. The van der Waals surface area contributed by atoms with Gasteiger partial charge in [0.25, 0.3) is 0 Å². The Hall–Kier alpha value is 0.960. The lowest BCUT2D eigenvalue weighted by molar-refractivity contribution is 0.756. The Labute approximate surface area is 82.0 Å². The molecule has 0 N–H and O–H groups in total. The molecule has 0 spiro atoms. The van der Waals surface area contributed by atoms with E-state index in [0.29, 0.717) is 4.32 Å². The summed E-state index contributed by atoms with van der Waals surface area (Å²) in [6.45, 7) is 10.7. The van der Waals surface area contributed by atoms with Crippen LogP contribution >= 0.6 is 31.9 Å². The molecule has 0 aliphatic heterocycles. The number of rotatable bonds is 1. The van der Waals surface area contributed by atoms with Crippen molar-refractivity contribution in [3.8, 4) is 0 Å². The van der Waals surface area contributed by atoms with Gasteiger partial charge in [0.15, 0.2) is 0 Å². The van der Waals surface area contributed by atoms with E-state index >= 15 is 0 Å². The molecule has 0 aliphatic rings. The summed E-state index contributed by atoms with van der Waals surface area (Å²) in [5.74, 6) is 0.801. The van der Waals surface area contributed by atoms with Crippen molar-refractivity contribution in [3.63, 3.8) is 0 Å². The van der Waals surface area contributed by atoms with E-state index in [1.165, 1.54) is 0 Å². The third-order valence-electron chi connectivity index (χ3n) is 0.309. The first-order valence-corrected chi connectivity index (χ1v) is 5.43. The van der Waals surface area contributed by atoms with Crippen LogP contribution in [0.15, 0.2) is 0 Å². The molecule has 0 unspecified atom stereocenters. The van der Waals surface area contributed by atoms with E-state index in [0.717, 1.165) is 11.2 Å². The van der Waals surface area contributed by atoms with Crippen LogP contribution in [0.3, 0.4) is 0 Å². The van der Waals surface area contributed by atoms with Crippen molar-refractivity contribution in [1.82, 2.24) is 0 Å². The smallest absolute Gasteiger partial charge is 0.0173 e. The fourth-order valence-corrected chi connectivity index (χ4v) is 0. The van der Waals surface area contributed by atoms with Gasteiger partial charge in [-0.15, -0.1) is 0 Å². The van der Waals surface area contributed by atoms with Gasteiger partial charge in [-0.05, 0) is 5.92 Å². The van der Waals surface area contributed by atoms with Crippen LogP contribution in [0.25, 0.3) is 0 Å². The van der Waals surface area contributed by atoms with E-state index in [2.05, 4.69) is 66.5 Å². The summed E-state index contributed by atoms with van der Waals surface area (Å²) in [6.07, 6.45) is 0. The highest BCUT2D eigenvalue weighted by Crippen LogP contribution is 2.11. The fraction of sp³-hybridized carbons (Fsp3) is 1.00. The number of hydrogen-bond donors (Lipinski definition) is 0. The largest absolute Gasteiger partial charge is 0.0925 e. The summed E-state index contributed by atoms with van der Waals surface area (Å²) >= 11 is 6.69. The molecule has 0 saturated heterocycles. The Morgan fingerprint density at radius 3 is 1.30 bits per heavy atom. The van der Waals surface area contributed by atoms with Crippen molar-refractivity contribution in [1.29, 1.82) is 0 Å². The van der Waals surface area contributed by atoms with Gasteiger partial charge in [0.2, 0.25) is 0 Å². The maximum Gasteiger partial charge on any atom is 0.0173 e. The van der Waals surface area contributed by atoms with Crippen molar-refractivity contribution in [2.45, 2.75) is 38.9 Å². The van der Waals surface area contributed by atoms with Crippen molar-refractivity contribution < 1.29 is 0 Å². The molecule has 0 amide bonds. The monoisotopic (exact) mass is 272 g/mol. The van der Waals surface area contributed by atoms with Gasteiger partial charge in [-0.2, -0.15) is 0 Å². The SMILES string of the molecule is CC(C)(C)Br.CC(C)CBr. The predicted molar refractivity (Wildman–Crippen MR) is 57.3 cm³/mol. The zero-order valence-corrected chi connectivity index (χ0v) is 10.7. The standard InChI is InChI=1S/2C4H9Br/c1-4(2,3)5;1-4(2)3-5/h1-3H3;4H,3H2,1-2H3. The Kier molecular flexibility index (Phi) is 9.02. The lowest BCUT2D eigenvalue weighted by Gasteiger charge is -2.02. The molecule has 0 aliphatic carbocycles. The second-order valence-corrected chi connectivity index (χ2v) is 6.64. The van der Waals surface area contributed by atoms with Gasteiger partial charge in [0.1, 0.15) is 0 Å². The third kappa shape index (κ3) is 64.8. The van der Waals surface area contributed by atoms with Crippen molar-refractivity contribution in [2.24, 2.45) is 5.92 Å². The van der Waals surface area contributed by atoms with Crippen molar-refractivity contribution in [2.75, 3.05) is 5.33 Å². The van der Waals surface area contributed by atoms with Crippen LogP contribution in [-0.4, -0.2) is 9.65 Å². The van der Waals surface area contributed by atoms with Crippen LogP contribution < -0.4 is 0 Å². The van der Waals surface area contributed by atoms with Gasteiger partial charge < -0.3 is 0 Å². The molecule has 10 heavy (non-hydrogen) atoms. The number of hydrogen-bond acceptors (Lipinski definition) is 0. The number of halogens is 2. The van der Waals surface area contributed by atoms with Crippen LogP contribution in [0, 0.1) is 5.92 Å². The summed E-state index contributed by atoms with van der Waals surface area (Å²) in [6, 6.07) is 0. The molecule has 0 fully saturated rings. The Bertz CT molecular complexity index is 56.1. The minimum atomic E-state index is 0.312. The lowest BCUT2D eigenvalue weighted by atomic mass is 10.3. The maximum absolute atomic E-state index is 3.38. The summed E-state index contributed by atoms with van der Waals surface area (Å²) in [7, 11) is 0. The second kappa shape index (κ2) is 6.66. The van der Waals surface area contributed by atoms with E-state index in [9.17, 15) is 0 Å². The molecule has 0 aromatic carbocycles. The average molecular weight is 274 g/mol. The van der Waals surface area contributed by atoms with Crippen LogP contribution in [0.2, 0.25) is 0 Å². The highest BCUT2D eigenvalue weighted by Gasteiger charge is 1.98. The molecule has 0 aromatic heterocycles. The van der Waals surface area contributed by atoms with Gasteiger partial charge >= 0.3 is 0 Å². The number of alkyl halides is 2. The van der Waals surface area contributed by atoms with E-state index in [4.69, 9.17) is 0 Å². The molecule has 0 heterocycles. The normalized spacial score (nSPS) is 10.8. The van der Waals surface area contributed by atoms with Gasteiger partial charge in [-0.25, -0.2) is 0 Å². The Balaban J connectivity index is 0. The van der Waals surface area contributed by atoms with Crippen LogP contribution in [0.4, 0.5) is 0 Å². The maximum atomic E-state index is 3.38. The minimum Gasteiger partial charge on any atom is -0.0925 e. The fourth-order valence-electron chi connectivity index (χ4n) is 0. The van der Waals surface area contributed by atoms with E-state index in [1.807, 2.05) is 0 Å². The summed E-state index contributed by atoms with van der Waals surface area (Å²) in [5, 5.41) is 1.12. The first kappa shape index (κ1) is 13.5. The average Bonchev–Trinajstić information content (AvgIpc) is 1.61. The molecule has 0 radical (unpaired) electrons. The third-order valence-corrected chi connectivity index (χ3v) is 1.60. The molecule has 0 atom stereocenters. The van der Waals surface area contributed by atoms with Gasteiger partial charge in [-0.1, -0.05) is 66.5 Å². The molecule has 2 heteroatoms. The summed E-state index contributed by atoms with van der Waals surface area (Å²) in [4.78, 5) is 0. The topological polar surface area (TPSA) is 0 Å². The molecule has 64 valence electrons. The van der Waals surface area contributed by atoms with Gasteiger partial charge in [0, 0.05) is 9.65 Å². The van der Waals surface area contributed by atoms with E-state index in [1.54, 1.807) is 0 Å². The molecule has 0 saturated carbocycles. The Morgan fingerprint density at radius 1 is 1.20 bits per heavy atom. The minimum absolute atomic E-state index is 0.312. The molecule has 0 nitrogen and oxygen atoms in total. The molecular formula is C8H18Br2. The van der Waals surface area contributed by atoms with Gasteiger partial charge in [0.05, 0.1) is 0 Å². The van der Waals surface area contributed by atoms with Crippen LogP contribution in [0.1, 0.15) is 34.6 Å². The summed E-state index contributed by atoms with van der Waals surface area (Å²) in [5.41, 5.74) is 0. The lowest BCUT2D eigenvalue weighted by Crippen LogP contribution is -1.97. The van der Waals surface area contributed by atoms with Gasteiger partial charge in [-0.3, -0.25) is 0 Å². The molecule has 0 bridgehead atoms. The quantitative estimate of drug-likeness (QED) is 0.628. The molecular weight excluding hydrogens is 256 g/mol. The molecule has 0 aromatic rings. The highest BCUT2D eigenvalue weighted by atomic mass is 79.9. The zero-order chi connectivity index (χ0) is 8.78. The molecule has 0 rings (SSSR count). The van der Waals surface area contributed by atoms with Crippen molar-refractivity contribution >= 4 is 31.9 Å². The second-order valence-electron chi connectivity index (χ2n) is 3.62. The Morgan fingerprint density at radius 2 is 1.30 bits per heavy atom. The first-order valence-electron chi connectivity index (χ1n) is 3.52. The highest BCUT2D eigenvalue weighted by molar-refractivity contribution is 9.10. The van der Waals surface area contributed by atoms with Crippen LogP contribution in [-0.2, 0) is 0 Å². The van der Waals surface area contributed by atoms with E-state index < -0.39 is 0 Å². The summed E-state index contributed by atoms with van der Waals surface area (Å²) < 4.78 is 0.312. The first-order chi connectivity index (χ1) is 4.27. The van der Waals surface area contributed by atoms with Crippen LogP contribution in [0.5, 0.6) is 0 Å². The predicted octanol–water partition coefficient (Wildman–Crippen LogP) is 4.22.